The number of nitrogens with one attached hydrogen (secondary N) is 2. The maximum absolute atomic E-state index is 11.8. The predicted molar refractivity (Wildman–Crippen MR) is 86.8 cm³/mol. The van der Waals surface area contributed by atoms with Crippen molar-refractivity contribution in [2.45, 2.75) is 52.7 Å². The molecule has 1 aromatic carbocycles. The number of benzene rings is 1. The van der Waals surface area contributed by atoms with E-state index in [2.05, 4.69) is 24.5 Å². The highest BCUT2D eigenvalue weighted by Gasteiger charge is 2.11. The van der Waals surface area contributed by atoms with Crippen molar-refractivity contribution in [1.29, 1.82) is 0 Å². The van der Waals surface area contributed by atoms with Crippen molar-refractivity contribution in [1.82, 2.24) is 10.6 Å². The van der Waals surface area contributed by atoms with E-state index in [1.165, 1.54) is 0 Å². The van der Waals surface area contributed by atoms with E-state index in [0.717, 1.165) is 12.0 Å². The first-order valence-corrected chi connectivity index (χ1v) is 7.74. The van der Waals surface area contributed by atoms with Crippen LogP contribution in [-0.2, 0) is 11.3 Å². The fourth-order valence-corrected chi connectivity index (χ4v) is 1.95. The van der Waals surface area contributed by atoms with Crippen LogP contribution in [-0.4, -0.2) is 24.6 Å². The minimum Gasteiger partial charge on any atom is -0.483 e. The summed E-state index contributed by atoms with van der Waals surface area (Å²) in [5.74, 6) is 0.530. The fraction of sp³-hybridized carbons (Fsp3) is 0.562. The minimum absolute atomic E-state index is 0.000634. The molecule has 0 fully saturated rings. The normalized spacial score (nSPS) is 12.3. The number of amides is 1. The van der Waals surface area contributed by atoms with Crippen LogP contribution in [0.4, 0.5) is 0 Å². The first kappa shape index (κ1) is 17.8. The Morgan fingerprint density at radius 1 is 1.33 bits per heavy atom. The van der Waals surface area contributed by atoms with Crippen LogP contribution in [0.15, 0.2) is 18.2 Å². The third-order valence-electron chi connectivity index (χ3n) is 3.14. The summed E-state index contributed by atoms with van der Waals surface area (Å²) in [4.78, 5) is 11.8. The van der Waals surface area contributed by atoms with Crippen molar-refractivity contribution >= 4 is 17.5 Å². The van der Waals surface area contributed by atoms with Gasteiger partial charge in [-0.3, -0.25) is 4.79 Å². The molecule has 0 spiro atoms. The molecule has 0 saturated carbocycles. The third kappa shape index (κ3) is 6.36. The topological polar surface area (TPSA) is 50.4 Å². The van der Waals surface area contributed by atoms with Gasteiger partial charge in [-0.15, -0.1) is 0 Å². The molecule has 118 valence electrons. The van der Waals surface area contributed by atoms with Gasteiger partial charge in [-0.25, -0.2) is 0 Å². The van der Waals surface area contributed by atoms with Gasteiger partial charge in [0.1, 0.15) is 5.75 Å². The first-order valence-electron chi connectivity index (χ1n) is 7.37. The monoisotopic (exact) mass is 312 g/mol. The maximum atomic E-state index is 11.8. The van der Waals surface area contributed by atoms with E-state index in [4.69, 9.17) is 16.3 Å². The molecule has 0 aliphatic rings. The van der Waals surface area contributed by atoms with Crippen molar-refractivity contribution in [2.75, 3.05) is 6.61 Å². The van der Waals surface area contributed by atoms with E-state index < -0.39 is 0 Å². The maximum Gasteiger partial charge on any atom is 0.258 e. The molecule has 0 heterocycles. The Morgan fingerprint density at radius 2 is 2.05 bits per heavy atom. The van der Waals surface area contributed by atoms with Crippen molar-refractivity contribution in [3.05, 3.63) is 28.8 Å². The molecular formula is C16H25ClN2O2. The number of hydrogen-bond donors (Lipinski definition) is 2. The lowest BCUT2D eigenvalue weighted by Gasteiger charge is -2.16. The molecule has 0 saturated heterocycles. The highest BCUT2D eigenvalue weighted by molar-refractivity contribution is 6.31. The van der Waals surface area contributed by atoms with Gasteiger partial charge in [0.25, 0.3) is 5.91 Å². The summed E-state index contributed by atoms with van der Waals surface area (Å²) in [6, 6.07) is 5.98. The van der Waals surface area contributed by atoms with Crippen LogP contribution in [0.25, 0.3) is 0 Å². The van der Waals surface area contributed by atoms with Gasteiger partial charge in [0.15, 0.2) is 6.61 Å². The van der Waals surface area contributed by atoms with Gasteiger partial charge in [0, 0.05) is 29.2 Å². The number of carbonyl (C=O) groups is 1. The summed E-state index contributed by atoms with van der Waals surface area (Å²) in [5.41, 5.74) is 0.879. The van der Waals surface area contributed by atoms with Crippen molar-refractivity contribution in [3.63, 3.8) is 0 Å². The Bertz CT molecular complexity index is 464. The summed E-state index contributed by atoms with van der Waals surface area (Å²) in [7, 11) is 0. The second kappa shape index (κ2) is 8.90. The average Bonchev–Trinajstić information content (AvgIpc) is 2.43. The van der Waals surface area contributed by atoms with E-state index in [9.17, 15) is 4.79 Å². The van der Waals surface area contributed by atoms with Gasteiger partial charge < -0.3 is 15.4 Å². The summed E-state index contributed by atoms with van der Waals surface area (Å²) in [6.07, 6.45) is 0.895. The molecular weight excluding hydrogens is 288 g/mol. The van der Waals surface area contributed by atoms with Crippen LogP contribution in [0, 0.1) is 0 Å². The Kier molecular flexibility index (Phi) is 7.54. The van der Waals surface area contributed by atoms with Crippen LogP contribution in [0.1, 0.15) is 39.7 Å². The Balaban J connectivity index is 2.65. The van der Waals surface area contributed by atoms with Crippen LogP contribution < -0.4 is 15.4 Å². The molecule has 1 atom stereocenters. The lowest BCUT2D eigenvalue weighted by molar-refractivity contribution is -0.123. The van der Waals surface area contributed by atoms with Crippen molar-refractivity contribution < 1.29 is 9.53 Å². The number of ether oxygens (including phenoxy) is 1. The zero-order valence-corrected chi connectivity index (χ0v) is 14.0. The van der Waals surface area contributed by atoms with Crippen LogP contribution in [0.3, 0.4) is 0 Å². The molecule has 0 aliphatic carbocycles. The first-order chi connectivity index (χ1) is 9.93. The molecule has 1 rings (SSSR count). The molecule has 21 heavy (non-hydrogen) atoms. The Morgan fingerprint density at radius 3 is 2.67 bits per heavy atom. The van der Waals surface area contributed by atoms with Gasteiger partial charge in [-0.05, 0) is 25.5 Å². The summed E-state index contributed by atoms with van der Waals surface area (Å²) < 4.78 is 5.62. The van der Waals surface area contributed by atoms with Gasteiger partial charge >= 0.3 is 0 Å². The largest absolute Gasteiger partial charge is 0.483 e. The Labute approximate surface area is 132 Å². The van der Waals surface area contributed by atoms with E-state index >= 15 is 0 Å². The highest BCUT2D eigenvalue weighted by Crippen LogP contribution is 2.26. The second-order valence-electron chi connectivity index (χ2n) is 5.42. The number of hydrogen-bond acceptors (Lipinski definition) is 3. The average molecular weight is 313 g/mol. The lowest BCUT2D eigenvalue weighted by atomic mass is 10.2. The van der Waals surface area contributed by atoms with E-state index in [-0.39, 0.29) is 18.6 Å². The van der Waals surface area contributed by atoms with Gasteiger partial charge in [-0.2, -0.15) is 0 Å². The fourth-order valence-electron chi connectivity index (χ4n) is 1.71. The molecule has 0 bridgehead atoms. The van der Waals surface area contributed by atoms with E-state index in [0.29, 0.717) is 23.4 Å². The zero-order chi connectivity index (χ0) is 15.8. The summed E-state index contributed by atoms with van der Waals surface area (Å²) in [6.45, 7) is 8.74. The summed E-state index contributed by atoms with van der Waals surface area (Å²) >= 11 is 6.21. The summed E-state index contributed by atoms with van der Waals surface area (Å²) in [5, 5.41) is 6.82. The quantitative estimate of drug-likeness (QED) is 0.775. The van der Waals surface area contributed by atoms with Crippen LogP contribution >= 0.6 is 11.6 Å². The number of carbonyl (C=O) groups excluding carboxylic acids is 1. The number of rotatable bonds is 8. The van der Waals surface area contributed by atoms with E-state index in [1.54, 1.807) is 0 Å². The van der Waals surface area contributed by atoms with Crippen LogP contribution in [0.5, 0.6) is 5.75 Å². The van der Waals surface area contributed by atoms with Crippen molar-refractivity contribution in [2.24, 2.45) is 0 Å². The zero-order valence-electron chi connectivity index (χ0n) is 13.2. The third-order valence-corrected chi connectivity index (χ3v) is 3.50. The molecule has 2 N–H and O–H groups in total. The SMILES string of the molecule is CCC(C)NC(=O)COc1cccc(Cl)c1CNC(C)C. The second-order valence-corrected chi connectivity index (χ2v) is 5.82. The molecule has 0 aliphatic heterocycles. The molecule has 0 radical (unpaired) electrons. The molecule has 1 aromatic rings. The molecule has 5 heteroatoms. The minimum atomic E-state index is -0.118. The standard InChI is InChI=1S/C16H25ClN2O2/c1-5-12(4)19-16(20)10-21-15-8-6-7-14(17)13(15)9-18-11(2)3/h6-8,11-12,18H,5,9-10H2,1-4H3,(H,19,20). The molecule has 1 unspecified atom stereocenters. The Hall–Kier alpha value is -1.26. The smallest absolute Gasteiger partial charge is 0.258 e. The molecule has 4 nitrogen and oxygen atoms in total. The van der Waals surface area contributed by atoms with E-state index in [1.807, 2.05) is 32.0 Å². The predicted octanol–water partition coefficient (Wildman–Crippen LogP) is 3.13. The number of halogens is 1. The highest BCUT2D eigenvalue weighted by atomic mass is 35.5. The van der Waals surface area contributed by atoms with Gasteiger partial charge in [-0.1, -0.05) is 38.4 Å². The van der Waals surface area contributed by atoms with Gasteiger partial charge in [0.2, 0.25) is 0 Å². The molecule has 0 aromatic heterocycles. The van der Waals surface area contributed by atoms with Crippen molar-refractivity contribution in [3.8, 4) is 5.75 Å². The lowest BCUT2D eigenvalue weighted by Crippen LogP contribution is -2.35. The van der Waals surface area contributed by atoms with Crippen LogP contribution in [0.2, 0.25) is 5.02 Å². The van der Waals surface area contributed by atoms with Gasteiger partial charge in [0.05, 0.1) is 0 Å². The molecule has 1 amide bonds.